The molecule has 0 fully saturated rings. The number of rotatable bonds is 39. The fourth-order valence-corrected chi connectivity index (χ4v) is 6.88. The molecule has 0 aromatic rings. The molecule has 0 rings (SSSR count). The van der Waals surface area contributed by atoms with Crippen molar-refractivity contribution in [2.45, 2.75) is 257 Å². The van der Waals surface area contributed by atoms with Gasteiger partial charge in [0.2, 0.25) is 5.91 Å². The number of unbranched alkanes of at least 4 members (excludes halogenated alkanes) is 30. The van der Waals surface area contributed by atoms with E-state index in [0.29, 0.717) is 12.8 Å². The molecule has 3 atom stereocenters. The van der Waals surface area contributed by atoms with Gasteiger partial charge in [0, 0.05) is 0 Å². The first-order chi connectivity index (χ1) is 23.0. The molecular weight excluding hydrogens is 582 g/mol. The molecule has 0 aliphatic rings. The highest BCUT2D eigenvalue weighted by molar-refractivity contribution is 5.76. The number of aliphatic hydroxyl groups is 3. The van der Waals surface area contributed by atoms with Gasteiger partial charge in [-0.3, -0.25) is 4.79 Å². The maximum atomic E-state index is 12.4. The fourth-order valence-electron chi connectivity index (χ4n) is 6.88. The molecule has 3 unspecified atom stereocenters. The molecule has 0 saturated heterocycles. The Morgan fingerprint density at radius 3 is 1.02 bits per heavy atom. The van der Waals surface area contributed by atoms with Crippen LogP contribution in [0.3, 0.4) is 0 Å². The van der Waals surface area contributed by atoms with Crippen LogP contribution < -0.4 is 5.32 Å². The van der Waals surface area contributed by atoms with E-state index in [0.717, 1.165) is 25.7 Å². The first kappa shape index (κ1) is 46.4. The van der Waals surface area contributed by atoms with Gasteiger partial charge in [-0.25, -0.2) is 0 Å². The summed E-state index contributed by atoms with van der Waals surface area (Å²) in [7, 11) is 0. The van der Waals surface area contributed by atoms with Gasteiger partial charge in [-0.05, 0) is 12.8 Å². The molecule has 1 amide bonds. The van der Waals surface area contributed by atoms with Gasteiger partial charge >= 0.3 is 0 Å². The molecule has 0 aromatic heterocycles. The number of hydrogen-bond donors (Lipinski definition) is 4. The zero-order chi connectivity index (χ0) is 34.5. The third-order valence-electron chi connectivity index (χ3n) is 10.2. The van der Waals surface area contributed by atoms with Crippen LogP contribution in [-0.2, 0) is 4.79 Å². The average molecular weight is 668 g/mol. The first-order valence-electron chi connectivity index (χ1n) is 21.3. The van der Waals surface area contributed by atoms with E-state index in [9.17, 15) is 20.1 Å². The average Bonchev–Trinajstić information content (AvgIpc) is 3.06. The standard InChI is InChI=1S/C42H85NO4/c1-3-5-7-9-11-13-15-16-17-18-19-20-21-22-23-24-25-26-28-30-32-34-36-41(46)40(38-44)43-42(47)37-39(45)35-33-31-29-27-14-12-10-8-6-4-2/h39-41,44-46H,3-38H2,1-2H3,(H,43,47). The van der Waals surface area contributed by atoms with Crippen LogP contribution in [0.2, 0.25) is 0 Å². The molecule has 0 heterocycles. The smallest absolute Gasteiger partial charge is 0.222 e. The molecule has 0 radical (unpaired) electrons. The van der Waals surface area contributed by atoms with Crippen molar-refractivity contribution in [3.63, 3.8) is 0 Å². The van der Waals surface area contributed by atoms with Crippen molar-refractivity contribution in [1.29, 1.82) is 0 Å². The summed E-state index contributed by atoms with van der Waals surface area (Å²) in [6.45, 7) is 4.26. The number of nitrogens with one attached hydrogen (secondary N) is 1. The fraction of sp³-hybridized carbons (Fsp3) is 0.976. The monoisotopic (exact) mass is 668 g/mol. The summed E-state index contributed by atoms with van der Waals surface area (Å²) in [6, 6.07) is -0.651. The summed E-state index contributed by atoms with van der Waals surface area (Å²) in [5.41, 5.74) is 0. The topological polar surface area (TPSA) is 89.8 Å². The zero-order valence-corrected chi connectivity index (χ0v) is 31.9. The molecule has 5 heteroatoms. The Bertz CT molecular complexity index is 615. The molecule has 0 saturated carbocycles. The molecule has 282 valence electrons. The SMILES string of the molecule is CCCCCCCCCCCCCCCCCCCCCCCCC(O)C(CO)NC(=O)CC(O)CCCCCCCCCCCC. The van der Waals surface area contributed by atoms with E-state index in [4.69, 9.17) is 0 Å². The molecule has 47 heavy (non-hydrogen) atoms. The molecule has 4 N–H and O–H groups in total. The van der Waals surface area contributed by atoms with E-state index >= 15 is 0 Å². The van der Waals surface area contributed by atoms with Crippen LogP contribution >= 0.6 is 0 Å². The van der Waals surface area contributed by atoms with Crippen molar-refractivity contribution in [3.05, 3.63) is 0 Å². The lowest BCUT2D eigenvalue weighted by atomic mass is 10.0. The van der Waals surface area contributed by atoms with Crippen molar-refractivity contribution in [1.82, 2.24) is 5.32 Å². The van der Waals surface area contributed by atoms with Gasteiger partial charge in [0.25, 0.3) is 0 Å². The molecule has 0 aromatic carbocycles. The predicted octanol–water partition coefficient (Wildman–Crippen LogP) is 11.9. The van der Waals surface area contributed by atoms with Gasteiger partial charge in [-0.1, -0.05) is 219 Å². The van der Waals surface area contributed by atoms with Crippen molar-refractivity contribution < 1.29 is 20.1 Å². The Labute approximate surface area is 294 Å². The van der Waals surface area contributed by atoms with Gasteiger partial charge in [0.1, 0.15) is 0 Å². The van der Waals surface area contributed by atoms with Gasteiger partial charge in [-0.15, -0.1) is 0 Å². The third-order valence-corrected chi connectivity index (χ3v) is 10.2. The van der Waals surface area contributed by atoms with Crippen LogP contribution in [-0.4, -0.2) is 46.1 Å². The summed E-state index contributed by atoms with van der Waals surface area (Å²) < 4.78 is 0. The Balaban J connectivity index is 3.54. The Hall–Kier alpha value is -0.650. The highest BCUT2D eigenvalue weighted by Gasteiger charge is 2.21. The summed E-state index contributed by atoms with van der Waals surface area (Å²) in [4.78, 5) is 12.4. The van der Waals surface area contributed by atoms with E-state index < -0.39 is 18.2 Å². The van der Waals surface area contributed by atoms with Crippen LogP contribution in [0.15, 0.2) is 0 Å². The Morgan fingerprint density at radius 2 is 0.723 bits per heavy atom. The maximum absolute atomic E-state index is 12.4. The van der Waals surface area contributed by atoms with Crippen LogP contribution in [0.4, 0.5) is 0 Å². The van der Waals surface area contributed by atoms with Gasteiger partial charge < -0.3 is 20.6 Å². The molecule has 0 spiro atoms. The predicted molar refractivity (Wildman–Crippen MR) is 204 cm³/mol. The van der Waals surface area contributed by atoms with Gasteiger partial charge in [0.05, 0.1) is 31.3 Å². The molecular formula is C42H85NO4. The van der Waals surface area contributed by atoms with Gasteiger partial charge in [0.15, 0.2) is 0 Å². The molecule has 0 aliphatic carbocycles. The number of carbonyl (C=O) groups excluding carboxylic acids is 1. The summed E-state index contributed by atoms with van der Waals surface area (Å²) >= 11 is 0. The number of carbonyl (C=O) groups is 1. The molecule has 5 nitrogen and oxygen atoms in total. The third kappa shape index (κ3) is 35.0. The van der Waals surface area contributed by atoms with E-state index in [1.54, 1.807) is 0 Å². The van der Waals surface area contributed by atoms with Crippen LogP contribution in [0.1, 0.15) is 239 Å². The summed E-state index contributed by atoms with van der Waals surface area (Å²) in [5.74, 6) is -0.281. The second-order valence-electron chi connectivity index (χ2n) is 15.0. The first-order valence-corrected chi connectivity index (χ1v) is 21.3. The lowest BCUT2D eigenvalue weighted by Gasteiger charge is -2.23. The van der Waals surface area contributed by atoms with E-state index in [1.807, 2.05) is 0 Å². The van der Waals surface area contributed by atoms with E-state index in [1.165, 1.54) is 180 Å². The summed E-state index contributed by atoms with van der Waals surface area (Å²) in [5, 5.41) is 33.3. The minimum Gasteiger partial charge on any atom is -0.394 e. The van der Waals surface area contributed by atoms with E-state index in [-0.39, 0.29) is 18.9 Å². The quantitative estimate of drug-likeness (QED) is 0.0491. The van der Waals surface area contributed by atoms with Crippen LogP contribution in [0, 0.1) is 0 Å². The number of hydrogen-bond acceptors (Lipinski definition) is 4. The Morgan fingerprint density at radius 1 is 0.447 bits per heavy atom. The van der Waals surface area contributed by atoms with Crippen LogP contribution in [0.25, 0.3) is 0 Å². The second-order valence-corrected chi connectivity index (χ2v) is 15.0. The Kier molecular flexibility index (Phi) is 37.6. The number of amides is 1. The number of aliphatic hydroxyl groups excluding tert-OH is 3. The minimum absolute atomic E-state index is 0.0417. The van der Waals surface area contributed by atoms with Crippen molar-refractivity contribution >= 4 is 5.91 Å². The van der Waals surface area contributed by atoms with Crippen LogP contribution in [0.5, 0.6) is 0 Å². The largest absolute Gasteiger partial charge is 0.394 e. The molecule has 0 bridgehead atoms. The van der Waals surface area contributed by atoms with Crippen molar-refractivity contribution in [2.24, 2.45) is 0 Å². The zero-order valence-electron chi connectivity index (χ0n) is 31.9. The second kappa shape index (κ2) is 38.2. The van der Waals surface area contributed by atoms with E-state index in [2.05, 4.69) is 19.2 Å². The normalized spacial score (nSPS) is 13.6. The molecule has 0 aliphatic heterocycles. The highest BCUT2D eigenvalue weighted by Crippen LogP contribution is 2.17. The lowest BCUT2D eigenvalue weighted by molar-refractivity contribution is -0.125. The highest BCUT2D eigenvalue weighted by atomic mass is 16.3. The van der Waals surface area contributed by atoms with Crippen molar-refractivity contribution in [3.8, 4) is 0 Å². The van der Waals surface area contributed by atoms with Gasteiger partial charge in [-0.2, -0.15) is 0 Å². The summed E-state index contributed by atoms with van der Waals surface area (Å²) in [6.07, 6.45) is 42.2. The maximum Gasteiger partial charge on any atom is 0.222 e. The lowest BCUT2D eigenvalue weighted by Crippen LogP contribution is -2.46. The minimum atomic E-state index is -0.742. The van der Waals surface area contributed by atoms with Crippen molar-refractivity contribution in [2.75, 3.05) is 6.61 Å².